The molecule has 1 N–H and O–H groups in total. The van der Waals surface area contributed by atoms with Gasteiger partial charge in [-0.05, 0) is 109 Å². The van der Waals surface area contributed by atoms with Crippen molar-refractivity contribution in [2.24, 2.45) is 0 Å². The number of anilines is 1. The average molecular weight is 656 g/mol. The third-order valence-electron chi connectivity index (χ3n) is 11.6. The molecule has 0 amide bonds. The molecule has 0 heterocycles. The number of fused-ring (bicyclic) bond motifs is 6. The van der Waals surface area contributed by atoms with Crippen molar-refractivity contribution in [2.45, 2.75) is 38.0 Å². The van der Waals surface area contributed by atoms with Crippen molar-refractivity contribution in [2.75, 3.05) is 5.32 Å². The monoisotopic (exact) mass is 655 g/mol. The number of hydrogen-bond donors (Lipinski definition) is 1. The first-order valence-corrected chi connectivity index (χ1v) is 18.0. The van der Waals surface area contributed by atoms with Gasteiger partial charge in [0.05, 0.1) is 5.41 Å². The Balaban J connectivity index is 1.13. The molecule has 6 aromatic rings. The second-order valence-electron chi connectivity index (χ2n) is 14.6. The van der Waals surface area contributed by atoms with Crippen LogP contribution < -0.4 is 5.32 Å². The number of rotatable bonds is 5. The molecule has 0 bridgehead atoms. The average Bonchev–Trinajstić information content (AvgIpc) is 3.63. The minimum absolute atomic E-state index is 0.142. The highest BCUT2D eigenvalue weighted by molar-refractivity contribution is 6.08. The van der Waals surface area contributed by atoms with Gasteiger partial charge in [-0.1, -0.05) is 160 Å². The lowest BCUT2D eigenvalue weighted by Crippen LogP contribution is -2.25. The largest absolute Gasteiger partial charge is 0.361 e. The summed E-state index contributed by atoms with van der Waals surface area (Å²) in [5.74, 6) is 0. The summed E-state index contributed by atoms with van der Waals surface area (Å²) in [6.45, 7) is 11.7. The van der Waals surface area contributed by atoms with Gasteiger partial charge in [0, 0.05) is 22.9 Å². The summed E-state index contributed by atoms with van der Waals surface area (Å²) >= 11 is 0. The Bertz CT molecular complexity index is 2520. The maximum Gasteiger partial charge on any atom is 0.0676 e. The minimum atomic E-state index is -0.353. The van der Waals surface area contributed by atoms with Crippen molar-refractivity contribution in [3.05, 3.63) is 215 Å². The van der Waals surface area contributed by atoms with Crippen LogP contribution in [0.5, 0.6) is 0 Å². The normalized spacial score (nSPS) is 19.8. The number of benzene rings is 6. The van der Waals surface area contributed by atoms with Gasteiger partial charge in [0.1, 0.15) is 0 Å². The van der Waals surface area contributed by atoms with E-state index >= 15 is 0 Å². The van der Waals surface area contributed by atoms with Gasteiger partial charge in [-0.25, -0.2) is 0 Å². The van der Waals surface area contributed by atoms with Crippen LogP contribution in [0.2, 0.25) is 0 Å². The highest BCUT2D eigenvalue weighted by Crippen LogP contribution is 2.61. The summed E-state index contributed by atoms with van der Waals surface area (Å²) in [5.41, 5.74) is 17.4. The van der Waals surface area contributed by atoms with Gasteiger partial charge < -0.3 is 5.32 Å². The number of nitrogens with one attached hydrogen (secondary N) is 1. The first-order chi connectivity index (χ1) is 24.9. The fraction of sp³-hybridized carbons (Fsp3) is 0.120. The summed E-state index contributed by atoms with van der Waals surface area (Å²) in [5, 5.41) is 6.34. The van der Waals surface area contributed by atoms with E-state index < -0.39 is 0 Å². The van der Waals surface area contributed by atoms with E-state index in [1.165, 1.54) is 77.6 Å². The zero-order valence-electron chi connectivity index (χ0n) is 29.5. The van der Waals surface area contributed by atoms with E-state index in [2.05, 4.69) is 190 Å². The molecule has 0 radical (unpaired) electrons. The van der Waals surface area contributed by atoms with Crippen LogP contribution in [0.3, 0.4) is 0 Å². The molecule has 3 aliphatic rings. The molecule has 246 valence electrons. The molecule has 0 saturated heterocycles. The number of hydrogen-bond acceptors (Lipinski definition) is 1. The van der Waals surface area contributed by atoms with Gasteiger partial charge in [0.15, 0.2) is 0 Å². The summed E-state index contributed by atoms with van der Waals surface area (Å²) in [6.07, 6.45) is 14.0. The molecular weight excluding hydrogens is 615 g/mol. The van der Waals surface area contributed by atoms with Crippen molar-refractivity contribution >= 4 is 22.0 Å². The molecule has 1 spiro atoms. The summed E-state index contributed by atoms with van der Waals surface area (Å²) in [6, 6.07) is 46.8. The smallest absolute Gasteiger partial charge is 0.0676 e. The predicted octanol–water partition coefficient (Wildman–Crippen LogP) is 12.7. The van der Waals surface area contributed by atoms with Crippen molar-refractivity contribution in [3.63, 3.8) is 0 Å². The maximum absolute atomic E-state index is 4.84. The molecule has 6 aromatic carbocycles. The Morgan fingerprint density at radius 2 is 1.41 bits per heavy atom. The molecule has 1 heteroatoms. The van der Waals surface area contributed by atoms with Crippen molar-refractivity contribution in [1.29, 1.82) is 0 Å². The second kappa shape index (κ2) is 11.9. The zero-order valence-corrected chi connectivity index (χ0v) is 29.5. The van der Waals surface area contributed by atoms with E-state index in [4.69, 9.17) is 6.58 Å². The van der Waals surface area contributed by atoms with E-state index in [1.54, 1.807) is 0 Å². The van der Waals surface area contributed by atoms with Gasteiger partial charge in [-0.15, -0.1) is 0 Å². The lowest BCUT2D eigenvalue weighted by molar-refractivity contribution is 0.645. The molecule has 1 nitrogen and oxygen atoms in total. The highest BCUT2D eigenvalue weighted by atomic mass is 14.8. The minimum Gasteiger partial charge on any atom is -0.361 e. The first kappa shape index (κ1) is 31.1. The summed E-state index contributed by atoms with van der Waals surface area (Å²) in [4.78, 5) is 0. The van der Waals surface area contributed by atoms with Gasteiger partial charge in [0.2, 0.25) is 0 Å². The van der Waals surface area contributed by atoms with Crippen LogP contribution in [0.1, 0.15) is 54.2 Å². The predicted molar refractivity (Wildman–Crippen MR) is 217 cm³/mol. The van der Waals surface area contributed by atoms with E-state index in [9.17, 15) is 0 Å². The van der Waals surface area contributed by atoms with Crippen LogP contribution in [0.25, 0.3) is 38.6 Å². The molecule has 0 aromatic heterocycles. The summed E-state index contributed by atoms with van der Waals surface area (Å²) in [7, 11) is 0. The number of allylic oxidation sites excluding steroid dienone is 8. The Labute approximate surface area is 301 Å². The fourth-order valence-electron chi connectivity index (χ4n) is 9.20. The SMILES string of the molecule is C=C1/C(=C\C=C\Nc2ccc3cccc4c3c2-c2ccc(-c3ccccc3)cc2C4(C)C)c2ccccc2C12/C(=C/C=C\C)Cc1ccccc12. The molecule has 0 saturated carbocycles. The van der Waals surface area contributed by atoms with Crippen LogP contribution in [0.15, 0.2) is 182 Å². The third-order valence-corrected chi connectivity index (χ3v) is 11.6. The lowest BCUT2D eigenvalue weighted by Gasteiger charge is -2.36. The Kier molecular flexibility index (Phi) is 7.22. The van der Waals surface area contributed by atoms with E-state index in [-0.39, 0.29) is 10.8 Å². The van der Waals surface area contributed by atoms with E-state index in [0.717, 1.165) is 17.7 Å². The topological polar surface area (TPSA) is 12.0 Å². The molecular formula is C50H41N. The molecule has 51 heavy (non-hydrogen) atoms. The van der Waals surface area contributed by atoms with Crippen LogP contribution in [-0.2, 0) is 17.3 Å². The fourth-order valence-corrected chi connectivity index (χ4v) is 9.20. The standard InChI is InChI=1S/C50H41N/c1-5-6-20-38-31-37-18-10-12-23-42(37)50(38)33(2)39(40-21-11-13-24-43(40)50)22-15-30-51-46-29-27-35-19-14-25-44-47(35)48(46)41-28-26-36(32-45(41)49(44,3)4)34-16-8-7-9-17-34/h5-30,32,51H,2,31H2,1,3-4H3/b6-5-,30-15+,38-20+,39-22+. The molecule has 0 fully saturated rings. The zero-order chi connectivity index (χ0) is 34.7. The Morgan fingerprint density at radius 1 is 0.647 bits per heavy atom. The van der Waals surface area contributed by atoms with Gasteiger partial charge >= 0.3 is 0 Å². The Morgan fingerprint density at radius 3 is 2.25 bits per heavy atom. The maximum atomic E-state index is 4.84. The van der Waals surface area contributed by atoms with Gasteiger partial charge in [0.25, 0.3) is 0 Å². The van der Waals surface area contributed by atoms with Crippen LogP contribution >= 0.6 is 0 Å². The quantitative estimate of drug-likeness (QED) is 0.195. The van der Waals surface area contributed by atoms with E-state index in [1.807, 2.05) is 0 Å². The Hall–Kier alpha value is -5.92. The van der Waals surface area contributed by atoms with Crippen molar-refractivity contribution < 1.29 is 0 Å². The molecule has 3 aliphatic carbocycles. The molecule has 0 aliphatic heterocycles. The lowest BCUT2D eigenvalue weighted by atomic mass is 9.67. The highest BCUT2D eigenvalue weighted by Gasteiger charge is 2.52. The third kappa shape index (κ3) is 4.54. The second-order valence-corrected chi connectivity index (χ2v) is 14.6. The molecule has 1 atom stereocenters. The van der Waals surface area contributed by atoms with Gasteiger partial charge in [-0.3, -0.25) is 0 Å². The van der Waals surface area contributed by atoms with Crippen LogP contribution in [-0.4, -0.2) is 0 Å². The van der Waals surface area contributed by atoms with Crippen molar-refractivity contribution in [1.82, 2.24) is 0 Å². The molecule has 9 rings (SSSR count). The first-order valence-electron chi connectivity index (χ1n) is 18.0. The van der Waals surface area contributed by atoms with Gasteiger partial charge in [-0.2, -0.15) is 0 Å². The van der Waals surface area contributed by atoms with Crippen molar-refractivity contribution in [3.8, 4) is 22.3 Å². The van der Waals surface area contributed by atoms with Crippen LogP contribution in [0.4, 0.5) is 5.69 Å². The van der Waals surface area contributed by atoms with E-state index in [0.29, 0.717) is 0 Å². The summed E-state index contributed by atoms with van der Waals surface area (Å²) < 4.78 is 0. The van der Waals surface area contributed by atoms with Crippen LogP contribution in [0, 0.1) is 0 Å². The molecule has 1 unspecified atom stereocenters.